The van der Waals surface area contributed by atoms with Gasteiger partial charge in [-0.3, -0.25) is 0 Å². The third-order valence-corrected chi connectivity index (χ3v) is 2.17. The molecule has 1 N–H and O–H groups in total. The van der Waals surface area contributed by atoms with Gasteiger partial charge in [0.2, 0.25) is 0 Å². The fourth-order valence-corrected chi connectivity index (χ4v) is 1.38. The zero-order valence-electron chi connectivity index (χ0n) is 6.48. The Balaban J connectivity index is 3.07. The molecule has 3 nitrogen and oxygen atoms in total. The predicted molar refractivity (Wildman–Crippen MR) is 42.9 cm³/mol. The summed E-state index contributed by atoms with van der Waals surface area (Å²) in [5, 5.41) is 10.9. The van der Waals surface area contributed by atoms with Gasteiger partial charge in [-0.1, -0.05) is 0 Å². The number of hydrogen-bond donors (Lipinski definition) is 1. The Bertz CT molecular complexity index is 71.8. The molecule has 0 heterocycles. The molecular formula is C5H16GeN2O. The van der Waals surface area contributed by atoms with Gasteiger partial charge in [-0.25, -0.2) is 0 Å². The van der Waals surface area contributed by atoms with Crippen LogP contribution in [-0.4, -0.2) is 48.6 Å². The second kappa shape index (κ2) is 4.27. The molecular weight excluding hydrogens is 177 g/mol. The van der Waals surface area contributed by atoms with Crippen LogP contribution in [0.2, 0.25) is 0 Å². The number of nitrogens with zero attached hydrogens (tertiary/aromatic N) is 1. The molecule has 56 valence electrons. The Morgan fingerprint density at radius 3 is 2.44 bits per heavy atom. The molecule has 0 bridgehead atoms. The van der Waals surface area contributed by atoms with Gasteiger partial charge in [-0.05, 0) is 0 Å². The van der Waals surface area contributed by atoms with E-state index in [-0.39, 0.29) is 4.65 Å². The molecule has 0 radical (unpaired) electrons. The van der Waals surface area contributed by atoms with Crippen molar-refractivity contribution in [2.75, 3.05) is 27.2 Å². The van der Waals surface area contributed by atoms with Gasteiger partial charge in [0.1, 0.15) is 0 Å². The summed E-state index contributed by atoms with van der Waals surface area (Å²) in [6.07, 6.45) is 0.998. The summed E-state index contributed by atoms with van der Waals surface area (Å²) in [6.45, 7) is 1.74. The summed E-state index contributed by atoms with van der Waals surface area (Å²) in [4.78, 5) is 0. The van der Waals surface area contributed by atoms with E-state index in [1.165, 1.54) is 0 Å². The molecule has 0 unspecified atom stereocenters. The quantitative estimate of drug-likeness (QED) is 0.264. The molecule has 0 saturated carbocycles. The van der Waals surface area contributed by atoms with Crippen LogP contribution in [0.3, 0.4) is 0 Å². The molecule has 0 atom stereocenters. The third kappa shape index (κ3) is 8.42. The Kier molecular flexibility index (Phi) is 4.47. The van der Waals surface area contributed by atoms with Gasteiger partial charge < -0.3 is 0 Å². The van der Waals surface area contributed by atoms with E-state index in [1.54, 1.807) is 14.1 Å². The van der Waals surface area contributed by atoms with Gasteiger partial charge in [-0.2, -0.15) is 0 Å². The van der Waals surface area contributed by atoms with E-state index in [1.807, 2.05) is 0 Å². The van der Waals surface area contributed by atoms with Crippen LogP contribution in [0.25, 0.3) is 0 Å². The first kappa shape index (κ1) is 9.42. The number of quaternary nitrogens is 1. The van der Waals surface area contributed by atoms with E-state index in [4.69, 9.17) is 0 Å². The van der Waals surface area contributed by atoms with Crippen molar-refractivity contribution in [3.8, 4) is 0 Å². The second-order valence-electron chi connectivity index (χ2n) is 2.75. The Morgan fingerprint density at radius 2 is 2.11 bits per heavy atom. The van der Waals surface area contributed by atoms with Crippen molar-refractivity contribution in [1.29, 1.82) is 0 Å². The van der Waals surface area contributed by atoms with Gasteiger partial charge in [0.25, 0.3) is 0 Å². The van der Waals surface area contributed by atoms with Gasteiger partial charge >= 0.3 is 64.5 Å². The van der Waals surface area contributed by atoms with Gasteiger partial charge in [0.15, 0.2) is 0 Å². The molecule has 0 saturated heterocycles. The molecule has 0 aliphatic rings. The van der Waals surface area contributed by atoms with Crippen molar-refractivity contribution in [1.82, 2.24) is 4.27 Å². The summed E-state index contributed by atoms with van der Waals surface area (Å²) in [7, 11) is 3.36. The van der Waals surface area contributed by atoms with Gasteiger partial charge in [-0.15, -0.1) is 0 Å². The summed E-state index contributed by atoms with van der Waals surface area (Å²) in [5.41, 5.74) is 0. The molecule has 0 rings (SSSR count). The predicted octanol–water partition coefficient (Wildman–Crippen LogP) is -1.18. The van der Waals surface area contributed by atoms with E-state index < -0.39 is 0 Å². The van der Waals surface area contributed by atoms with Crippen molar-refractivity contribution in [2.24, 2.45) is 0 Å². The molecule has 9 heavy (non-hydrogen) atoms. The molecule has 0 aromatic rings. The Morgan fingerprint density at radius 1 is 1.56 bits per heavy atom. The molecule has 0 amide bonds. The van der Waals surface area contributed by atoms with E-state index >= 15 is 0 Å². The molecule has 0 aromatic carbocycles. The SMILES string of the molecule is C[N+](C)([O-])CCC[NH][GeH3]. The normalized spacial score (nSPS) is 12.3. The molecule has 0 aliphatic heterocycles. The van der Waals surface area contributed by atoms with Crippen LogP contribution >= 0.6 is 0 Å². The van der Waals surface area contributed by atoms with Crippen molar-refractivity contribution in [3.63, 3.8) is 0 Å². The average molecular weight is 193 g/mol. The van der Waals surface area contributed by atoms with Crippen LogP contribution in [0.15, 0.2) is 0 Å². The fraction of sp³-hybridized carbons (Fsp3) is 1.00. The van der Waals surface area contributed by atoms with Crippen LogP contribution in [0.4, 0.5) is 0 Å². The standard InChI is InChI=1S/C5H16GeN2O/c1-8(2,9)5-3-4-7-6/h7H,3-5H2,1-2,6H3. The number of hydroxylamine groups is 3. The first-order valence-electron chi connectivity index (χ1n) is 3.25. The second-order valence-corrected chi connectivity index (χ2v) is 4.24. The summed E-state index contributed by atoms with van der Waals surface area (Å²) in [5.74, 6) is 0. The summed E-state index contributed by atoms with van der Waals surface area (Å²) in [6, 6.07) is 0. The number of hydrogen-bond acceptors (Lipinski definition) is 2. The summed E-state index contributed by atoms with van der Waals surface area (Å²) < 4.78 is 3.02. The first-order chi connectivity index (χ1) is 4.06. The molecule has 0 aromatic heterocycles. The zero-order chi connectivity index (χ0) is 7.33. The molecule has 0 aliphatic carbocycles. The van der Waals surface area contributed by atoms with Crippen LogP contribution in [-0.2, 0) is 0 Å². The zero-order valence-corrected chi connectivity index (χ0v) is 10.7. The monoisotopic (exact) mass is 194 g/mol. The van der Waals surface area contributed by atoms with Crippen LogP contribution in [0, 0.1) is 5.21 Å². The van der Waals surface area contributed by atoms with Crippen LogP contribution < -0.4 is 4.27 Å². The maximum atomic E-state index is 10.9. The van der Waals surface area contributed by atoms with Crippen molar-refractivity contribution in [3.05, 3.63) is 5.21 Å². The molecule has 4 heteroatoms. The van der Waals surface area contributed by atoms with Crippen LogP contribution in [0.1, 0.15) is 6.42 Å². The topological polar surface area (TPSA) is 35.1 Å². The first-order valence-corrected chi connectivity index (χ1v) is 5.34. The maximum absolute atomic E-state index is 10.9. The molecule has 0 fully saturated rings. The van der Waals surface area contributed by atoms with Crippen molar-refractivity contribution >= 4 is 16.7 Å². The van der Waals surface area contributed by atoms with Crippen molar-refractivity contribution in [2.45, 2.75) is 6.42 Å². The van der Waals surface area contributed by atoms with Gasteiger partial charge in [0.05, 0.1) is 0 Å². The Hall–Kier alpha value is 0.423. The fourth-order valence-electron chi connectivity index (χ4n) is 0.637. The minimum absolute atomic E-state index is 0.158. The number of rotatable bonds is 4. The van der Waals surface area contributed by atoms with E-state index in [0.717, 1.165) is 36.2 Å². The summed E-state index contributed by atoms with van der Waals surface area (Å²) >= 11 is 0.729. The Labute approximate surface area is 65.0 Å². The van der Waals surface area contributed by atoms with Crippen molar-refractivity contribution < 1.29 is 4.65 Å². The minimum atomic E-state index is -0.158. The average Bonchev–Trinajstić information content (AvgIpc) is 1.63. The van der Waals surface area contributed by atoms with E-state index in [0.29, 0.717) is 0 Å². The number of nitrogens with one attached hydrogen (secondary N) is 1. The van der Waals surface area contributed by atoms with E-state index in [2.05, 4.69) is 4.27 Å². The molecule has 0 spiro atoms. The van der Waals surface area contributed by atoms with Gasteiger partial charge in [0, 0.05) is 0 Å². The third-order valence-electron chi connectivity index (χ3n) is 1.12. The van der Waals surface area contributed by atoms with E-state index in [9.17, 15) is 5.21 Å². The van der Waals surface area contributed by atoms with Crippen LogP contribution in [0.5, 0.6) is 0 Å².